The molecule has 1 amide bonds. The van der Waals surface area contributed by atoms with E-state index in [-0.39, 0.29) is 36.4 Å². The molecule has 0 unspecified atom stereocenters. The van der Waals surface area contributed by atoms with Gasteiger partial charge >= 0.3 is 0 Å². The van der Waals surface area contributed by atoms with Gasteiger partial charge in [-0.1, -0.05) is 0 Å². The van der Waals surface area contributed by atoms with E-state index in [2.05, 4.69) is 10.3 Å². The third-order valence-corrected chi connectivity index (χ3v) is 2.94. The first-order valence-electron chi connectivity index (χ1n) is 4.57. The molecule has 7 heteroatoms. The van der Waals surface area contributed by atoms with E-state index >= 15 is 0 Å². The van der Waals surface area contributed by atoms with Crippen molar-refractivity contribution in [3.63, 3.8) is 0 Å². The van der Waals surface area contributed by atoms with Crippen LogP contribution in [0, 0.1) is 0 Å². The van der Waals surface area contributed by atoms with Crippen LogP contribution in [0.3, 0.4) is 0 Å². The summed E-state index contributed by atoms with van der Waals surface area (Å²) in [4.78, 5) is 16.9. The monoisotopic (exact) mass is 344 g/mol. The molecule has 0 aromatic rings. The smallest absolute Gasteiger partial charge is 0.241 e. The summed E-state index contributed by atoms with van der Waals surface area (Å²) < 4.78 is 0. The minimum absolute atomic E-state index is 0. The molecule has 1 heterocycles. The first-order chi connectivity index (χ1) is 6.74. The lowest BCUT2D eigenvalue weighted by Crippen LogP contribution is -2.43. The Hall–Kier alpha value is -0.180. The van der Waals surface area contributed by atoms with Gasteiger partial charge in [0.25, 0.3) is 0 Å². The van der Waals surface area contributed by atoms with Gasteiger partial charge in [0.2, 0.25) is 5.91 Å². The molecule has 0 radical (unpaired) electrons. The van der Waals surface area contributed by atoms with Gasteiger partial charge in [-0.3, -0.25) is 4.79 Å². The number of thioether (sulfide) groups is 1. The Balaban J connectivity index is 0.00000196. The lowest BCUT2D eigenvalue weighted by atomic mass is 10.5. The number of likely N-dealkylation sites (N-methyl/N-ethyl adjacent to an activating group) is 1. The van der Waals surface area contributed by atoms with Crippen molar-refractivity contribution >= 4 is 47.6 Å². The number of nitrogens with zero attached hydrogens (tertiary/aromatic N) is 2. The molecule has 1 fully saturated rings. The number of guanidine groups is 1. The van der Waals surface area contributed by atoms with Gasteiger partial charge in [0.1, 0.15) is 6.54 Å². The van der Waals surface area contributed by atoms with Crippen molar-refractivity contribution in [2.24, 2.45) is 10.7 Å². The second-order valence-corrected chi connectivity index (χ2v) is 4.17. The summed E-state index contributed by atoms with van der Waals surface area (Å²) in [6.07, 6.45) is 0. The molecular formula is C8H17IN4OS. The van der Waals surface area contributed by atoms with Gasteiger partial charge < -0.3 is 16.0 Å². The van der Waals surface area contributed by atoms with Crippen molar-refractivity contribution < 1.29 is 4.79 Å². The molecule has 5 nitrogen and oxygen atoms in total. The summed E-state index contributed by atoms with van der Waals surface area (Å²) in [6, 6.07) is 0. The maximum atomic E-state index is 10.9. The average molecular weight is 344 g/mol. The van der Waals surface area contributed by atoms with E-state index in [1.807, 2.05) is 16.7 Å². The molecule has 0 aromatic heterocycles. The lowest BCUT2D eigenvalue weighted by Gasteiger charge is -2.27. The molecule has 0 aliphatic carbocycles. The standard InChI is InChI=1S/C8H16N4OS.HI/c1-10-7(13)6-11-8(9)12-2-4-14-5-3-12;/h2-6H2,1H3,(H2,9,11)(H,10,13);1H. The predicted octanol–water partition coefficient (Wildman–Crippen LogP) is -0.286. The fourth-order valence-electron chi connectivity index (χ4n) is 1.12. The van der Waals surface area contributed by atoms with Gasteiger partial charge in [-0.15, -0.1) is 24.0 Å². The molecule has 0 saturated carbocycles. The number of halogens is 1. The van der Waals surface area contributed by atoms with E-state index in [0.29, 0.717) is 5.96 Å². The van der Waals surface area contributed by atoms with Crippen molar-refractivity contribution in [1.82, 2.24) is 10.2 Å². The third-order valence-electron chi connectivity index (χ3n) is 2.00. The fourth-order valence-corrected chi connectivity index (χ4v) is 2.03. The topological polar surface area (TPSA) is 70.7 Å². The number of aliphatic imine (C=N–C) groups is 1. The van der Waals surface area contributed by atoms with E-state index in [4.69, 9.17) is 5.73 Å². The summed E-state index contributed by atoms with van der Waals surface area (Å²) in [6.45, 7) is 1.97. The molecule has 1 rings (SSSR count). The number of nitrogens with one attached hydrogen (secondary N) is 1. The van der Waals surface area contributed by atoms with Gasteiger partial charge in [-0.2, -0.15) is 11.8 Å². The molecular weight excluding hydrogens is 327 g/mol. The molecule has 1 saturated heterocycles. The van der Waals surface area contributed by atoms with Crippen molar-refractivity contribution in [2.75, 3.05) is 38.2 Å². The quantitative estimate of drug-likeness (QED) is 0.411. The second kappa shape index (κ2) is 8.03. The first kappa shape index (κ1) is 14.8. The summed E-state index contributed by atoms with van der Waals surface area (Å²) in [5.74, 6) is 2.53. The fraction of sp³-hybridized carbons (Fsp3) is 0.750. The Morgan fingerprint density at radius 3 is 2.67 bits per heavy atom. The Morgan fingerprint density at radius 2 is 2.13 bits per heavy atom. The molecule has 15 heavy (non-hydrogen) atoms. The maximum Gasteiger partial charge on any atom is 0.241 e. The zero-order valence-corrected chi connectivity index (χ0v) is 11.9. The van der Waals surface area contributed by atoms with Crippen LogP contribution in [-0.2, 0) is 4.79 Å². The van der Waals surface area contributed by atoms with Crippen LogP contribution in [0.2, 0.25) is 0 Å². The summed E-state index contributed by atoms with van der Waals surface area (Å²) in [5, 5.41) is 2.50. The predicted molar refractivity (Wildman–Crippen MR) is 74.9 cm³/mol. The normalized spacial score (nSPS) is 16.9. The third kappa shape index (κ3) is 5.45. The number of hydrogen-bond acceptors (Lipinski definition) is 3. The number of carbonyl (C=O) groups excluding carboxylic acids is 1. The largest absolute Gasteiger partial charge is 0.370 e. The van der Waals surface area contributed by atoms with Crippen molar-refractivity contribution in [3.8, 4) is 0 Å². The minimum Gasteiger partial charge on any atom is -0.370 e. The van der Waals surface area contributed by atoms with Crippen LogP contribution in [0.25, 0.3) is 0 Å². The van der Waals surface area contributed by atoms with E-state index in [1.165, 1.54) is 0 Å². The number of amides is 1. The maximum absolute atomic E-state index is 10.9. The van der Waals surface area contributed by atoms with E-state index in [1.54, 1.807) is 7.05 Å². The van der Waals surface area contributed by atoms with Crippen LogP contribution < -0.4 is 11.1 Å². The molecule has 1 aliphatic heterocycles. The summed E-state index contributed by atoms with van der Waals surface area (Å²) >= 11 is 1.91. The van der Waals surface area contributed by atoms with Crippen LogP contribution in [-0.4, -0.2) is 55.0 Å². The SMILES string of the molecule is CNC(=O)CN=C(N)N1CCSCC1.I. The van der Waals surface area contributed by atoms with E-state index < -0.39 is 0 Å². The van der Waals surface area contributed by atoms with E-state index in [0.717, 1.165) is 24.6 Å². The number of carbonyl (C=O) groups is 1. The molecule has 0 spiro atoms. The number of nitrogens with two attached hydrogens (primary N) is 1. The van der Waals surface area contributed by atoms with Crippen LogP contribution >= 0.6 is 35.7 Å². The highest BCUT2D eigenvalue weighted by atomic mass is 127. The Bertz CT molecular complexity index is 231. The zero-order valence-electron chi connectivity index (χ0n) is 8.73. The molecule has 0 aromatic carbocycles. The van der Waals surface area contributed by atoms with Gasteiger partial charge in [-0.25, -0.2) is 4.99 Å². The summed E-state index contributed by atoms with van der Waals surface area (Å²) in [5.41, 5.74) is 5.74. The molecule has 88 valence electrons. The Labute approximate surface area is 111 Å². The second-order valence-electron chi connectivity index (χ2n) is 2.95. The van der Waals surface area contributed by atoms with Crippen LogP contribution in [0.4, 0.5) is 0 Å². The minimum atomic E-state index is -0.112. The number of hydrogen-bond donors (Lipinski definition) is 2. The first-order valence-corrected chi connectivity index (χ1v) is 5.72. The van der Waals surface area contributed by atoms with Crippen molar-refractivity contribution in [1.29, 1.82) is 0 Å². The average Bonchev–Trinajstić information content (AvgIpc) is 2.26. The lowest BCUT2D eigenvalue weighted by molar-refractivity contribution is -0.119. The summed E-state index contributed by atoms with van der Waals surface area (Å²) in [7, 11) is 1.59. The Kier molecular flexibility index (Phi) is 7.93. The Morgan fingerprint density at radius 1 is 1.53 bits per heavy atom. The van der Waals surface area contributed by atoms with Crippen LogP contribution in [0.15, 0.2) is 4.99 Å². The number of rotatable bonds is 2. The zero-order chi connectivity index (χ0) is 10.4. The van der Waals surface area contributed by atoms with E-state index in [9.17, 15) is 4.79 Å². The van der Waals surface area contributed by atoms with Crippen molar-refractivity contribution in [2.45, 2.75) is 0 Å². The molecule has 1 aliphatic rings. The molecule has 0 bridgehead atoms. The van der Waals surface area contributed by atoms with Gasteiger partial charge in [0.15, 0.2) is 5.96 Å². The highest BCUT2D eigenvalue weighted by molar-refractivity contribution is 14.0. The molecule has 3 N–H and O–H groups in total. The van der Waals surface area contributed by atoms with Gasteiger partial charge in [0.05, 0.1) is 0 Å². The van der Waals surface area contributed by atoms with Gasteiger partial charge in [0, 0.05) is 31.6 Å². The highest BCUT2D eigenvalue weighted by Gasteiger charge is 2.12. The van der Waals surface area contributed by atoms with Gasteiger partial charge in [-0.05, 0) is 0 Å². The van der Waals surface area contributed by atoms with Crippen molar-refractivity contribution in [3.05, 3.63) is 0 Å². The van der Waals surface area contributed by atoms with Crippen LogP contribution in [0.1, 0.15) is 0 Å². The van der Waals surface area contributed by atoms with Crippen LogP contribution in [0.5, 0.6) is 0 Å². The highest BCUT2D eigenvalue weighted by Crippen LogP contribution is 2.08. The molecule has 0 atom stereocenters.